The second kappa shape index (κ2) is 10.0. The number of unbranched alkanes of at least 4 members (excludes halogenated alkanes) is 2. The molecule has 0 unspecified atom stereocenters. The molecule has 0 aliphatic heterocycles. The van der Waals surface area contributed by atoms with E-state index in [1.54, 1.807) is 0 Å². The molecule has 0 aromatic heterocycles. The quantitative estimate of drug-likeness (QED) is 0.185. The van der Waals surface area contributed by atoms with Gasteiger partial charge < -0.3 is 10.2 Å². The monoisotopic (exact) mass is 546 g/mol. The van der Waals surface area contributed by atoms with Gasteiger partial charge in [-0.25, -0.2) is 0 Å². The van der Waals surface area contributed by atoms with Crippen LogP contribution in [-0.4, -0.2) is 70.8 Å². The third kappa shape index (κ3) is 5.02. The van der Waals surface area contributed by atoms with E-state index in [0.29, 0.717) is 0 Å². The number of hydrogen-bond acceptors (Lipinski definition) is 2. The lowest BCUT2D eigenvalue weighted by Gasteiger charge is -2.43. The van der Waals surface area contributed by atoms with Gasteiger partial charge in [-0.15, -0.1) is 0 Å². The van der Waals surface area contributed by atoms with Crippen molar-refractivity contribution in [3.8, 4) is 0 Å². The van der Waals surface area contributed by atoms with Gasteiger partial charge in [0, 0.05) is 26.1 Å². The van der Waals surface area contributed by atoms with Crippen molar-refractivity contribution in [2.24, 2.45) is 0 Å². The summed E-state index contributed by atoms with van der Waals surface area (Å²) in [6.45, 7) is -2.00. The third-order valence-electron chi connectivity index (χ3n) is 4.69. The normalized spacial score (nSPS) is 15.7. The smallest absolute Gasteiger partial charge is 0.384 e. The van der Waals surface area contributed by atoms with Crippen LogP contribution in [0.2, 0.25) is 0 Å². The van der Waals surface area contributed by atoms with E-state index in [2.05, 4.69) is 0 Å². The highest BCUT2D eigenvalue weighted by Crippen LogP contribution is 2.64. The molecule has 0 aliphatic rings. The number of halogens is 16. The summed E-state index contributed by atoms with van der Waals surface area (Å²) in [5, 5.41) is 16.7. The molecule has 34 heavy (non-hydrogen) atoms. The van der Waals surface area contributed by atoms with Crippen LogP contribution in [0.3, 0.4) is 0 Å². The molecule has 0 aliphatic carbocycles. The summed E-state index contributed by atoms with van der Waals surface area (Å²) in [4.78, 5) is 0. The van der Waals surface area contributed by atoms with Crippen molar-refractivity contribution in [3.05, 3.63) is 0 Å². The van der Waals surface area contributed by atoms with Gasteiger partial charge in [0.15, 0.2) is 0 Å². The summed E-state index contributed by atoms with van der Waals surface area (Å²) in [7, 11) is 0. The molecule has 206 valence electrons. The maximum Gasteiger partial charge on any atom is 0.384 e. The minimum Gasteiger partial charge on any atom is -0.396 e. The fourth-order valence-corrected chi connectivity index (χ4v) is 2.48. The molecular formula is C16H18F16O2. The minimum atomic E-state index is -8.42. The Bertz CT molecular complexity index is 605. The second-order valence-electron chi connectivity index (χ2n) is 7.22. The van der Waals surface area contributed by atoms with Crippen molar-refractivity contribution in [2.75, 3.05) is 13.2 Å². The Balaban J connectivity index is 6.46. The summed E-state index contributed by atoms with van der Waals surface area (Å²) in [5.74, 6) is -61.0. The van der Waals surface area contributed by atoms with Gasteiger partial charge in [0.25, 0.3) is 0 Å². The lowest BCUT2D eigenvalue weighted by molar-refractivity contribution is -0.453. The Morgan fingerprint density at radius 3 is 0.735 bits per heavy atom. The highest BCUT2D eigenvalue weighted by atomic mass is 19.4. The van der Waals surface area contributed by atoms with Gasteiger partial charge in [-0.1, -0.05) is 0 Å². The van der Waals surface area contributed by atoms with E-state index in [-0.39, 0.29) is 0 Å². The Morgan fingerprint density at radius 2 is 0.529 bits per heavy atom. The van der Waals surface area contributed by atoms with Gasteiger partial charge in [-0.05, 0) is 25.7 Å². The molecule has 0 saturated heterocycles. The molecule has 0 radical (unpaired) electrons. The van der Waals surface area contributed by atoms with Gasteiger partial charge in [-0.3, -0.25) is 0 Å². The average molecular weight is 546 g/mol. The predicted octanol–water partition coefficient (Wildman–Crippen LogP) is 6.39. The molecule has 0 saturated carbocycles. The van der Waals surface area contributed by atoms with Crippen molar-refractivity contribution in [2.45, 2.75) is 85.9 Å². The van der Waals surface area contributed by atoms with Crippen molar-refractivity contribution < 1.29 is 80.5 Å². The van der Waals surface area contributed by atoms with Gasteiger partial charge >= 0.3 is 47.4 Å². The fraction of sp³-hybridized carbons (Fsp3) is 1.00. The highest BCUT2D eigenvalue weighted by Gasteiger charge is 2.94. The first-order chi connectivity index (χ1) is 14.9. The number of rotatable bonds is 15. The maximum atomic E-state index is 13.7. The number of aliphatic hydroxyl groups is 2. The molecule has 0 aromatic carbocycles. The standard InChI is InChI=1S/C16H18F16O2/c17-9(18,5-1-3-7-33)11(21,22)13(25,26)15(29,30)16(31,32)14(27,28)12(23,24)10(19,20)6-2-4-8-34/h33-34H,1-8H2. The fourth-order valence-electron chi connectivity index (χ4n) is 2.48. The lowest BCUT2D eigenvalue weighted by atomic mass is 9.86. The zero-order chi connectivity index (χ0) is 27.7. The summed E-state index contributed by atoms with van der Waals surface area (Å²) in [6, 6.07) is 0. The van der Waals surface area contributed by atoms with Crippen LogP contribution < -0.4 is 0 Å². The first-order valence-corrected chi connectivity index (χ1v) is 9.11. The molecule has 2 nitrogen and oxygen atoms in total. The minimum absolute atomic E-state index is 0.806. The third-order valence-corrected chi connectivity index (χ3v) is 4.69. The molecular weight excluding hydrogens is 528 g/mol. The van der Waals surface area contributed by atoms with Gasteiger partial charge in [-0.2, -0.15) is 70.2 Å². The highest BCUT2D eigenvalue weighted by molar-refractivity contribution is 5.15. The van der Waals surface area contributed by atoms with Gasteiger partial charge in [0.2, 0.25) is 0 Å². The number of alkyl halides is 16. The zero-order valence-electron chi connectivity index (χ0n) is 16.6. The lowest BCUT2D eigenvalue weighted by Crippen LogP contribution is -2.74. The van der Waals surface area contributed by atoms with Crippen LogP contribution in [-0.2, 0) is 0 Å². The van der Waals surface area contributed by atoms with E-state index in [1.165, 1.54) is 0 Å². The molecule has 0 heterocycles. The van der Waals surface area contributed by atoms with Crippen LogP contribution in [0.15, 0.2) is 0 Å². The molecule has 0 bridgehead atoms. The van der Waals surface area contributed by atoms with Gasteiger partial charge in [0.05, 0.1) is 0 Å². The van der Waals surface area contributed by atoms with Crippen LogP contribution in [0.1, 0.15) is 38.5 Å². The first kappa shape index (κ1) is 32.8. The number of aliphatic hydroxyl groups excluding tert-OH is 2. The van der Waals surface area contributed by atoms with Crippen LogP contribution >= 0.6 is 0 Å². The summed E-state index contributed by atoms with van der Waals surface area (Å²) >= 11 is 0. The van der Waals surface area contributed by atoms with E-state index in [1.807, 2.05) is 0 Å². The summed E-state index contributed by atoms with van der Waals surface area (Å²) in [5.41, 5.74) is 0. The summed E-state index contributed by atoms with van der Waals surface area (Å²) in [6.07, 6.45) is -9.11. The second-order valence-corrected chi connectivity index (χ2v) is 7.22. The number of hydrogen-bond donors (Lipinski definition) is 2. The van der Waals surface area contributed by atoms with E-state index >= 15 is 0 Å². The molecule has 0 amide bonds. The van der Waals surface area contributed by atoms with E-state index in [4.69, 9.17) is 10.2 Å². The average Bonchev–Trinajstić information content (AvgIpc) is 2.67. The van der Waals surface area contributed by atoms with Crippen LogP contribution in [0.5, 0.6) is 0 Å². The molecule has 0 spiro atoms. The SMILES string of the molecule is OCCCCC(F)(F)C(F)(F)C(F)(F)C(F)(F)C(F)(F)C(F)(F)C(F)(F)C(F)(F)CCCCO. The molecule has 0 atom stereocenters. The van der Waals surface area contributed by atoms with Crippen LogP contribution in [0.4, 0.5) is 70.2 Å². The van der Waals surface area contributed by atoms with Crippen molar-refractivity contribution in [3.63, 3.8) is 0 Å². The zero-order valence-corrected chi connectivity index (χ0v) is 16.6. The predicted molar refractivity (Wildman–Crippen MR) is 81.4 cm³/mol. The Kier molecular flexibility index (Phi) is 9.69. The van der Waals surface area contributed by atoms with E-state index in [0.717, 1.165) is 0 Å². The van der Waals surface area contributed by atoms with Crippen molar-refractivity contribution in [1.82, 2.24) is 0 Å². The molecule has 18 heteroatoms. The van der Waals surface area contributed by atoms with E-state index < -0.39 is 99.1 Å². The largest absolute Gasteiger partial charge is 0.396 e. The maximum absolute atomic E-state index is 13.7. The Labute approximate surface area is 180 Å². The molecule has 0 aromatic rings. The van der Waals surface area contributed by atoms with Crippen LogP contribution in [0.25, 0.3) is 0 Å². The Morgan fingerprint density at radius 1 is 0.324 bits per heavy atom. The summed E-state index contributed by atoms with van der Waals surface area (Å²) < 4.78 is 217. The van der Waals surface area contributed by atoms with E-state index in [9.17, 15) is 70.2 Å². The molecule has 0 rings (SSSR count). The van der Waals surface area contributed by atoms with Gasteiger partial charge in [0.1, 0.15) is 0 Å². The Hall–Kier alpha value is -1.20. The molecule has 0 fully saturated rings. The van der Waals surface area contributed by atoms with Crippen molar-refractivity contribution >= 4 is 0 Å². The van der Waals surface area contributed by atoms with Crippen LogP contribution in [0, 0.1) is 0 Å². The molecule has 2 N–H and O–H groups in total. The van der Waals surface area contributed by atoms with Crippen molar-refractivity contribution in [1.29, 1.82) is 0 Å². The topological polar surface area (TPSA) is 40.5 Å². The first-order valence-electron chi connectivity index (χ1n) is 9.11.